The van der Waals surface area contributed by atoms with Gasteiger partial charge in [-0.2, -0.15) is 5.10 Å². The smallest absolute Gasteiger partial charge is 0.406 e. The Kier molecular flexibility index (Phi) is 4.45. The van der Waals surface area contributed by atoms with Gasteiger partial charge >= 0.3 is 6.36 Å². The summed E-state index contributed by atoms with van der Waals surface area (Å²) >= 11 is 0. The summed E-state index contributed by atoms with van der Waals surface area (Å²) in [7, 11) is 0. The molecule has 3 saturated heterocycles. The molecule has 1 aliphatic carbocycles. The number of benzene rings is 1. The zero-order valence-electron chi connectivity index (χ0n) is 15.9. The molecule has 6 rings (SSSR count). The van der Waals surface area contributed by atoms with E-state index in [1.807, 2.05) is 4.90 Å². The van der Waals surface area contributed by atoms with E-state index < -0.39 is 6.36 Å². The normalized spacial score (nSPS) is 26.7. The molecule has 1 amide bonds. The SMILES string of the molecule is O=C(c1n[nH]c2ccc(OC(F)(F)F)cc12)N(CC1CC1)[C@@H]1CN2CCC1CC2. The Labute approximate surface area is 166 Å². The zero-order chi connectivity index (χ0) is 20.2. The molecular weight excluding hydrogens is 385 g/mol. The van der Waals surface area contributed by atoms with Crippen molar-refractivity contribution in [3.63, 3.8) is 0 Å². The second kappa shape index (κ2) is 6.90. The van der Waals surface area contributed by atoms with Crippen molar-refractivity contribution in [2.45, 2.75) is 38.1 Å². The maximum Gasteiger partial charge on any atom is 0.573 e. The predicted molar refractivity (Wildman–Crippen MR) is 99.5 cm³/mol. The third-order valence-electron chi connectivity index (χ3n) is 6.41. The number of rotatable bonds is 5. The number of aromatic amines is 1. The Morgan fingerprint density at radius 1 is 1.24 bits per heavy atom. The lowest BCUT2D eigenvalue weighted by Gasteiger charge is -2.49. The van der Waals surface area contributed by atoms with Crippen molar-refractivity contribution in [2.75, 3.05) is 26.2 Å². The van der Waals surface area contributed by atoms with Crippen LogP contribution in [0.2, 0.25) is 0 Å². The number of hydrogen-bond donors (Lipinski definition) is 1. The summed E-state index contributed by atoms with van der Waals surface area (Å²) < 4.78 is 41.9. The molecule has 29 heavy (non-hydrogen) atoms. The largest absolute Gasteiger partial charge is 0.573 e. The van der Waals surface area contributed by atoms with Gasteiger partial charge in [0.2, 0.25) is 0 Å². The highest BCUT2D eigenvalue weighted by molar-refractivity contribution is 6.05. The van der Waals surface area contributed by atoms with E-state index in [0.717, 1.165) is 45.3 Å². The van der Waals surface area contributed by atoms with Crippen LogP contribution in [0.15, 0.2) is 18.2 Å². The van der Waals surface area contributed by atoms with Crippen molar-refractivity contribution in [3.05, 3.63) is 23.9 Å². The third kappa shape index (κ3) is 3.80. The number of carbonyl (C=O) groups is 1. The maximum atomic E-state index is 13.5. The molecule has 3 aliphatic heterocycles. The molecule has 1 saturated carbocycles. The number of carbonyl (C=O) groups excluding carboxylic acids is 1. The van der Waals surface area contributed by atoms with Crippen LogP contribution >= 0.6 is 0 Å². The van der Waals surface area contributed by atoms with Gasteiger partial charge in [-0.15, -0.1) is 13.2 Å². The summed E-state index contributed by atoms with van der Waals surface area (Å²) in [6.07, 6.45) is -0.366. The van der Waals surface area contributed by atoms with E-state index in [1.165, 1.54) is 18.2 Å². The van der Waals surface area contributed by atoms with Gasteiger partial charge in [0.1, 0.15) is 5.75 Å². The number of aromatic nitrogens is 2. The van der Waals surface area contributed by atoms with Crippen molar-refractivity contribution in [3.8, 4) is 5.75 Å². The molecule has 2 bridgehead atoms. The summed E-state index contributed by atoms with van der Waals surface area (Å²) in [5.74, 6) is 0.448. The Morgan fingerprint density at radius 2 is 2.00 bits per heavy atom. The third-order valence-corrected chi connectivity index (χ3v) is 6.41. The zero-order valence-corrected chi connectivity index (χ0v) is 15.9. The first-order chi connectivity index (χ1) is 13.9. The summed E-state index contributed by atoms with van der Waals surface area (Å²) in [6, 6.07) is 4.06. The molecule has 4 fully saturated rings. The summed E-state index contributed by atoms with van der Waals surface area (Å²) in [5, 5.41) is 7.31. The first-order valence-electron chi connectivity index (χ1n) is 10.1. The predicted octanol–water partition coefficient (Wildman–Crippen LogP) is 3.41. The highest BCUT2D eigenvalue weighted by Crippen LogP contribution is 2.37. The number of nitrogens with zero attached hydrogens (tertiary/aromatic N) is 3. The molecular formula is C20H23F3N4O2. The molecule has 156 valence electrons. The van der Waals surface area contributed by atoms with Crippen LogP contribution in [0, 0.1) is 11.8 Å². The summed E-state index contributed by atoms with van der Waals surface area (Å²) in [6.45, 7) is 3.72. The number of hydrogen-bond acceptors (Lipinski definition) is 4. The monoisotopic (exact) mass is 408 g/mol. The average Bonchev–Trinajstić information content (AvgIpc) is 3.42. The number of ether oxygens (including phenoxy) is 1. The van der Waals surface area contributed by atoms with Crippen LogP contribution < -0.4 is 4.74 Å². The van der Waals surface area contributed by atoms with Crippen LogP contribution in [0.5, 0.6) is 5.75 Å². The van der Waals surface area contributed by atoms with Gasteiger partial charge < -0.3 is 14.5 Å². The number of alkyl halides is 3. The van der Waals surface area contributed by atoms with Gasteiger partial charge in [0.25, 0.3) is 5.91 Å². The first kappa shape index (κ1) is 18.7. The number of fused-ring (bicyclic) bond motifs is 4. The number of halogens is 3. The number of amides is 1. The van der Waals surface area contributed by atoms with E-state index in [1.54, 1.807) is 0 Å². The van der Waals surface area contributed by atoms with Crippen molar-refractivity contribution in [1.82, 2.24) is 20.0 Å². The quantitative estimate of drug-likeness (QED) is 0.824. The Hall–Kier alpha value is -2.29. The van der Waals surface area contributed by atoms with Crippen LogP contribution in [0.3, 0.4) is 0 Å². The van der Waals surface area contributed by atoms with Gasteiger partial charge in [0.05, 0.1) is 5.52 Å². The van der Waals surface area contributed by atoms with Crippen LogP contribution in [0.25, 0.3) is 10.9 Å². The average molecular weight is 408 g/mol. The fraction of sp³-hybridized carbons (Fsp3) is 0.600. The Morgan fingerprint density at radius 3 is 2.62 bits per heavy atom. The standard InChI is InChI=1S/C20H23F3N4O2/c21-20(22,23)29-14-3-4-16-15(9-14)18(25-24-16)19(28)27(10-12-1-2-12)17-11-26-7-5-13(17)6-8-26/h3-4,9,12-13,17H,1-2,5-8,10-11H2,(H,24,25)/t17-/m1/s1. The minimum Gasteiger partial charge on any atom is -0.406 e. The van der Waals surface area contributed by atoms with Gasteiger partial charge in [-0.05, 0) is 68.8 Å². The molecule has 1 aromatic heterocycles. The van der Waals surface area contributed by atoms with Crippen molar-refractivity contribution in [2.24, 2.45) is 11.8 Å². The van der Waals surface area contributed by atoms with E-state index in [9.17, 15) is 18.0 Å². The molecule has 0 spiro atoms. The topological polar surface area (TPSA) is 61.5 Å². The molecule has 2 aromatic rings. The Balaban J connectivity index is 1.46. The van der Waals surface area contributed by atoms with Gasteiger partial charge in [0.15, 0.2) is 5.69 Å². The van der Waals surface area contributed by atoms with Crippen LogP contribution in [-0.4, -0.2) is 64.5 Å². The number of piperidine rings is 3. The van der Waals surface area contributed by atoms with Crippen molar-refractivity contribution >= 4 is 16.8 Å². The van der Waals surface area contributed by atoms with E-state index in [-0.39, 0.29) is 23.4 Å². The maximum absolute atomic E-state index is 13.5. The van der Waals surface area contributed by atoms with E-state index in [2.05, 4.69) is 19.8 Å². The lowest BCUT2D eigenvalue weighted by molar-refractivity contribution is -0.274. The van der Waals surface area contributed by atoms with Gasteiger partial charge in [-0.25, -0.2) is 0 Å². The molecule has 0 radical (unpaired) electrons. The van der Waals surface area contributed by atoms with E-state index in [4.69, 9.17) is 0 Å². The van der Waals surface area contributed by atoms with Crippen LogP contribution in [0.4, 0.5) is 13.2 Å². The van der Waals surface area contributed by atoms with Crippen molar-refractivity contribution in [1.29, 1.82) is 0 Å². The fourth-order valence-electron chi connectivity index (χ4n) is 4.72. The van der Waals surface area contributed by atoms with E-state index >= 15 is 0 Å². The minimum atomic E-state index is -4.78. The van der Waals surface area contributed by atoms with Crippen molar-refractivity contribution < 1.29 is 22.7 Å². The molecule has 1 atom stereocenters. The van der Waals surface area contributed by atoms with Gasteiger partial charge in [-0.1, -0.05) is 0 Å². The molecule has 4 aliphatic rings. The molecule has 1 aromatic carbocycles. The number of H-pyrrole nitrogens is 1. The molecule has 6 nitrogen and oxygen atoms in total. The lowest BCUT2D eigenvalue weighted by Crippen LogP contribution is -2.59. The molecule has 4 heterocycles. The van der Waals surface area contributed by atoms with E-state index in [0.29, 0.717) is 29.3 Å². The van der Waals surface area contributed by atoms with Crippen LogP contribution in [-0.2, 0) is 0 Å². The van der Waals surface area contributed by atoms with Gasteiger partial charge in [0, 0.05) is 24.5 Å². The second-order valence-electron chi connectivity index (χ2n) is 8.43. The first-order valence-corrected chi connectivity index (χ1v) is 10.1. The second-order valence-corrected chi connectivity index (χ2v) is 8.43. The Bertz CT molecular complexity index is 916. The molecule has 9 heteroatoms. The number of nitrogens with one attached hydrogen (secondary N) is 1. The molecule has 0 unspecified atom stereocenters. The summed E-state index contributed by atoms with van der Waals surface area (Å²) in [4.78, 5) is 17.9. The molecule has 1 N–H and O–H groups in total. The highest BCUT2D eigenvalue weighted by Gasteiger charge is 2.42. The minimum absolute atomic E-state index is 0.145. The van der Waals surface area contributed by atoms with Gasteiger partial charge in [-0.3, -0.25) is 9.89 Å². The summed E-state index contributed by atoms with van der Waals surface area (Å²) in [5.41, 5.74) is 0.688. The lowest BCUT2D eigenvalue weighted by atomic mass is 9.83. The highest BCUT2D eigenvalue weighted by atomic mass is 19.4. The van der Waals surface area contributed by atoms with Crippen LogP contribution in [0.1, 0.15) is 36.2 Å². The fourth-order valence-corrected chi connectivity index (χ4v) is 4.72.